The number of nitrogen functional groups attached to an aromatic ring is 1. The van der Waals surface area contributed by atoms with Crippen LogP contribution in [0.4, 0.5) is 11.5 Å². The van der Waals surface area contributed by atoms with E-state index in [1.54, 1.807) is 26.3 Å². The topological polar surface area (TPSA) is 77.7 Å². The number of hydrogen-bond acceptors (Lipinski definition) is 6. The summed E-state index contributed by atoms with van der Waals surface area (Å²) in [5, 5.41) is 0. The molecule has 1 rings (SSSR count). The number of pyridine rings is 1. The molecule has 0 aromatic carbocycles. The highest BCUT2D eigenvalue weighted by Gasteiger charge is 2.21. The largest absolute Gasteiger partial charge is 0.462 e. The lowest BCUT2D eigenvalue weighted by Crippen LogP contribution is -2.37. The van der Waals surface area contributed by atoms with E-state index in [-0.39, 0.29) is 6.04 Å². The third-order valence-corrected chi connectivity index (χ3v) is 3.02. The standard InChI is InChI=1S/C14H23N3O3/c1-5-17(10(3)9-19-4)13-12(15)11(7-8-16-13)14(18)20-6-2/h7-8,10H,5-6,9,15H2,1-4H3. The van der Waals surface area contributed by atoms with Gasteiger partial charge in [-0.15, -0.1) is 0 Å². The molecule has 0 aliphatic rings. The van der Waals surface area contributed by atoms with Gasteiger partial charge in [-0.2, -0.15) is 0 Å². The van der Waals surface area contributed by atoms with Crippen LogP contribution in [0.1, 0.15) is 31.1 Å². The molecule has 6 heteroatoms. The van der Waals surface area contributed by atoms with Crippen molar-refractivity contribution >= 4 is 17.5 Å². The van der Waals surface area contributed by atoms with Crippen molar-refractivity contribution in [3.8, 4) is 0 Å². The molecule has 0 radical (unpaired) electrons. The summed E-state index contributed by atoms with van der Waals surface area (Å²) in [6.07, 6.45) is 1.57. The van der Waals surface area contributed by atoms with E-state index in [4.69, 9.17) is 15.2 Å². The van der Waals surface area contributed by atoms with Gasteiger partial charge in [0.05, 0.1) is 30.5 Å². The second kappa shape index (κ2) is 7.69. The van der Waals surface area contributed by atoms with Gasteiger partial charge in [-0.3, -0.25) is 0 Å². The first-order valence-corrected chi connectivity index (χ1v) is 6.73. The Morgan fingerprint density at radius 1 is 1.50 bits per heavy atom. The molecule has 1 atom stereocenters. The van der Waals surface area contributed by atoms with Gasteiger partial charge in [0.15, 0.2) is 5.82 Å². The summed E-state index contributed by atoms with van der Waals surface area (Å²) in [5.41, 5.74) is 6.77. The van der Waals surface area contributed by atoms with Crippen molar-refractivity contribution in [3.05, 3.63) is 17.8 Å². The Morgan fingerprint density at radius 2 is 2.20 bits per heavy atom. The Kier molecular flexibility index (Phi) is 6.24. The summed E-state index contributed by atoms with van der Waals surface area (Å²) in [6.45, 7) is 7.37. The molecule has 1 unspecified atom stereocenters. The highest BCUT2D eigenvalue weighted by atomic mass is 16.5. The van der Waals surface area contributed by atoms with Crippen LogP contribution in [0.2, 0.25) is 0 Å². The van der Waals surface area contributed by atoms with Crippen molar-refractivity contribution in [1.29, 1.82) is 0 Å². The zero-order valence-corrected chi connectivity index (χ0v) is 12.5. The fraction of sp³-hybridized carbons (Fsp3) is 0.571. The van der Waals surface area contributed by atoms with Gasteiger partial charge >= 0.3 is 5.97 Å². The van der Waals surface area contributed by atoms with Gasteiger partial charge < -0.3 is 20.1 Å². The van der Waals surface area contributed by atoms with Crippen LogP contribution in [0.15, 0.2) is 12.3 Å². The second-order valence-corrected chi connectivity index (χ2v) is 4.41. The zero-order valence-electron chi connectivity index (χ0n) is 12.5. The molecular weight excluding hydrogens is 258 g/mol. The van der Waals surface area contributed by atoms with E-state index in [0.717, 1.165) is 0 Å². The highest BCUT2D eigenvalue weighted by molar-refractivity contribution is 5.97. The van der Waals surface area contributed by atoms with Gasteiger partial charge in [0.25, 0.3) is 0 Å². The number of methoxy groups -OCH3 is 1. The molecule has 0 aliphatic heterocycles. The number of aromatic nitrogens is 1. The maximum atomic E-state index is 11.9. The van der Waals surface area contributed by atoms with Crippen molar-refractivity contribution in [2.45, 2.75) is 26.8 Å². The Bertz CT molecular complexity index is 451. The van der Waals surface area contributed by atoms with E-state index in [9.17, 15) is 4.79 Å². The smallest absolute Gasteiger partial charge is 0.340 e. The Hall–Kier alpha value is -1.82. The van der Waals surface area contributed by atoms with Gasteiger partial charge in [-0.25, -0.2) is 9.78 Å². The molecule has 6 nitrogen and oxygen atoms in total. The molecule has 0 spiro atoms. The van der Waals surface area contributed by atoms with Crippen molar-refractivity contribution in [1.82, 2.24) is 4.98 Å². The maximum Gasteiger partial charge on any atom is 0.340 e. The van der Waals surface area contributed by atoms with E-state index < -0.39 is 5.97 Å². The lowest BCUT2D eigenvalue weighted by molar-refractivity contribution is 0.0527. The third-order valence-electron chi connectivity index (χ3n) is 3.02. The molecule has 20 heavy (non-hydrogen) atoms. The minimum Gasteiger partial charge on any atom is -0.462 e. The lowest BCUT2D eigenvalue weighted by atomic mass is 10.2. The van der Waals surface area contributed by atoms with Crippen molar-refractivity contribution < 1.29 is 14.3 Å². The molecule has 0 saturated heterocycles. The minimum atomic E-state index is -0.427. The fourth-order valence-electron chi connectivity index (χ4n) is 2.08. The molecule has 0 bridgehead atoms. The summed E-state index contributed by atoms with van der Waals surface area (Å²) in [7, 11) is 1.65. The molecular formula is C14H23N3O3. The molecule has 1 heterocycles. The maximum absolute atomic E-state index is 11.9. The molecule has 1 aromatic heterocycles. The Morgan fingerprint density at radius 3 is 2.75 bits per heavy atom. The Labute approximate surface area is 119 Å². The quantitative estimate of drug-likeness (QED) is 0.766. The minimum absolute atomic E-state index is 0.109. The number of hydrogen-bond donors (Lipinski definition) is 1. The van der Waals surface area contributed by atoms with Gasteiger partial charge in [0.1, 0.15) is 0 Å². The van der Waals surface area contributed by atoms with Gasteiger partial charge in [0.2, 0.25) is 0 Å². The number of carbonyl (C=O) groups is 1. The molecule has 1 aromatic rings. The molecule has 112 valence electrons. The van der Waals surface area contributed by atoms with Crippen molar-refractivity contribution in [2.75, 3.05) is 37.5 Å². The van der Waals surface area contributed by atoms with Crippen LogP contribution in [0.25, 0.3) is 0 Å². The van der Waals surface area contributed by atoms with E-state index in [0.29, 0.717) is 36.8 Å². The molecule has 2 N–H and O–H groups in total. The van der Waals surface area contributed by atoms with Crippen molar-refractivity contribution in [3.63, 3.8) is 0 Å². The predicted octanol–water partition coefficient (Wildman–Crippen LogP) is 1.70. The number of ether oxygens (including phenoxy) is 2. The number of nitrogens with two attached hydrogens (primary N) is 1. The first kappa shape index (κ1) is 16.2. The molecule has 0 aliphatic carbocycles. The first-order chi connectivity index (χ1) is 9.56. The number of esters is 1. The first-order valence-electron chi connectivity index (χ1n) is 6.73. The SMILES string of the molecule is CCOC(=O)c1ccnc(N(CC)C(C)COC)c1N. The monoisotopic (exact) mass is 281 g/mol. The summed E-state index contributed by atoms with van der Waals surface area (Å²) in [4.78, 5) is 18.1. The summed E-state index contributed by atoms with van der Waals surface area (Å²) in [6, 6.07) is 1.68. The highest BCUT2D eigenvalue weighted by Crippen LogP contribution is 2.26. The molecule has 0 saturated carbocycles. The number of nitrogens with zero attached hydrogens (tertiary/aromatic N) is 2. The average molecular weight is 281 g/mol. The normalized spacial score (nSPS) is 12.0. The zero-order chi connectivity index (χ0) is 15.1. The number of likely N-dealkylation sites (N-methyl/N-ethyl adjacent to an activating group) is 1. The number of anilines is 2. The molecule has 0 fully saturated rings. The van der Waals surface area contributed by atoms with Gasteiger partial charge in [-0.1, -0.05) is 0 Å². The van der Waals surface area contributed by atoms with Crippen LogP contribution in [-0.4, -0.2) is 43.9 Å². The number of carbonyl (C=O) groups excluding carboxylic acids is 1. The van der Waals surface area contributed by atoms with Gasteiger partial charge in [0, 0.05) is 19.9 Å². The van der Waals surface area contributed by atoms with Crippen LogP contribution in [0.5, 0.6) is 0 Å². The van der Waals surface area contributed by atoms with Crippen molar-refractivity contribution in [2.24, 2.45) is 0 Å². The summed E-state index contributed by atoms with van der Waals surface area (Å²) < 4.78 is 10.2. The van der Waals surface area contributed by atoms with E-state index >= 15 is 0 Å². The van der Waals surface area contributed by atoms with E-state index in [2.05, 4.69) is 4.98 Å². The van der Waals surface area contributed by atoms with Crippen LogP contribution < -0.4 is 10.6 Å². The summed E-state index contributed by atoms with van der Waals surface area (Å²) >= 11 is 0. The van der Waals surface area contributed by atoms with E-state index in [1.165, 1.54) is 0 Å². The fourth-order valence-corrected chi connectivity index (χ4v) is 2.08. The molecule has 0 amide bonds. The lowest BCUT2D eigenvalue weighted by Gasteiger charge is -2.29. The third kappa shape index (κ3) is 3.60. The van der Waals surface area contributed by atoms with E-state index in [1.807, 2.05) is 18.7 Å². The summed E-state index contributed by atoms with van der Waals surface area (Å²) in [5.74, 6) is 0.159. The predicted molar refractivity (Wildman–Crippen MR) is 79.0 cm³/mol. The van der Waals surface area contributed by atoms with Crippen LogP contribution in [0, 0.1) is 0 Å². The average Bonchev–Trinajstić information content (AvgIpc) is 2.42. The van der Waals surface area contributed by atoms with Crippen LogP contribution in [-0.2, 0) is 9.47 Å². The number of rotatable bonds is 7. The van der Waals surface area contributed by atoms with Crippen LogP contribution in [0.3, 0.4) is 0 Å². The Balaban J connectivity index is 3.11. The second-order valence-electron chi connectivity index (χ2n) is 4.41. The van der Waals surface area contributed by atoms with Crippen LogP contribution >= 0.6 is 0 Å². The van der Waals surface area contributed by atoms with Gasteiger partial charge in [-0.05, 0) is 26.8 Å².